The van der Waals surface area contributed by atoms with Gasteiger partial charge in [0.05, 0.1) is 17.2 Å². The lowest BCUT2D eigenvalue weighted by atomic mass is 9.91. The largest absolute Gasteiger partial charge is 0.347 e. The Morgan fingerprint density at radius 1 is 0.929 bits per heavy atom. The lowest BCUT2D eigenvalue weighted by Gasteiger charge is -2.29. The van der Waals surface area contributed by atoms with Gasteiger partial charge in [-0.05, 0) is 43.4 Å². The maximum Gasteiger partial charge on any atom is 0.262 e. The molecule has 1 fully saturated rings. The molecule has 2 aliphatic rings. The molecular formula is C23H24N2O3. The number of carbonyl (C=O) groups is 3. The van der Waals surface area contributed by atoms with Gasteiger partial charge in [-0.15, -0.1) is 0 Å². The summed E-state index contributed by atoms with van der Waals surface area (Å²) in [6.45, 7) is 1.62. The highest BCUT2D eigenvalue weighted by Crippen LogP contribution is 2.36. The smallest absolute Gasteiger partial charge is 0.262 e. The van der Waals surface area contributed by atoms with E-state index in [0.717, 1.165) is 36.1 Å². The minimum absolute atomic E-state index is 0.103. The summed E-state index contributed by atoms with van der Waals surface area (Å²) in [5.41, 5.74) is 1.79. The third kappa shape index (κ3) is 3.21. The molecule has 2 aromatic rings. The lowest BCUT2D eigenvalue weighted by Crippen LogP contribution is -2.49. The molecule has 144 valence electrons. The molecule has 4 rings (SSSR count). The highest BCUT2D eigenvalue weighted by Gasteiger charge is 2.41. The van der Waals surface area contributed by atoms with E-state index in [9.17, 15) is 14.4 Å². The van der Waals surface area contributed by atoms with Crippen molar-refractivity contribution in [1.29, 1.82) is 0 Å². The molecule has 1 heterocycles. The van der Waals surface area contributed by atoms with Crippen molar-refractivity contribution in [3.8, 4) is 0 Å². The molecule has 0 bridgehead atoms. The molecule has 1 N–H and O–H groups in total. The van der Waals surface area contributed by atoms with E-state index in [0.29, 0.717) is 17.0 Å². The molecule has 0 spiro atoms. The van der Waals surface area contributed by atoms with E-state index in [1.165, 1.54) is 0 Å². The fraction of sp³-hybridized carbons (Fsp3) is 0.348. The molecule has 3 amide bonds. The van der Waals surface area contributed by atoms with Crippen molar-refractivity contribution >= 4 is 17.7 Å². The molecule has 0 saturated heterocycles. The van der Waals surface area contributed by atoms with Crippen molar-refractivity contribution in [3.63, 3.8) is 0 Å². The molecule has 2 unspecified atom stereocenters. The van der Waals surface area contributed by atoms with Crippen molar-refractivity contribution in [1.82, 2.24) is 10.2 Å². The molecule has 28 heavy (non-hydrogen) atoms. The molecule has 5 nitrogen and oxygen atoms in total. The van der Waals surface area contributed by atoms with Crippen molar-refractivity contribution in [2.75, 3.05) is 0 Å². The second-order valence-corrected chi connectivity index (χ2v) is 7.64. The van der Waals surface area contributed by atoms with Crippen LogP contribution >= 0.6 is 0 Å². The fourth-order valence-electron chi connectivity index (χ4n) is 4.38. The molecule has 0 radical (unpaired) electrons. The second kappa shape index (κ2) is 7.58. The van der Waals surface area contributed by atoms with E-state index in [2.05, 4.69) is 5.32 Å². The molecule has 5 heteroatoms. The Hall–Kier alpha value is -2.95. The monoisotopic (exact) mass is 376 g/mol. The zero-order chi connectivity index (χ0) is 19.7. The Labute approximate surface area is 164 Å². The maximum absolute atomic E-state index is 13.1. The Morgan fingerprint density at radius 2 is 1.46 bits per heavy atom. The van der Waals surface area contributed by atoms with Gasteiger partial charge in [-0.1, -0.05) is 55.3 Å². The third-order valence-corrected chi connectivity index (χ3v) is 5.92. The zero-order valence-corrected chi connectivity index (χ0v) is 15.9. The van der Waals surface area contributed by atoms with E-state index in [-0.39, 0.29) is 11.9 Å². The van der Waals surface area contributed by atoms with Gasteiger partial charge in [0.15, 0.2) is 0 Å². The fourth-order valence-corrected chi connectivity index (χ4v) is 4.38. The summed E-state index contributed by atoms with van der Waals surface area (Å²) in [6, 6.07) is 15.7. The van der Waals surface area contributed by atoms with Crippen molar-refractivity contribution < 1.29 is 14.4 Å². The van der Waals surface area contributed by atoms with Gasteiger partial charge in [-0.25, -0.2) is 0 Å². The number of hydrogen-bond acceptors (Lipinski definition) is 3. The van der Waals surface area contributed by atoms with Crippen LogP contribution in [-0.2, 0) is 4.79 Å². The van der Waals surface area contributed by atoms with Crippen molar-refractivity contribution in [2.24, 2.45) is 5.92 Å². The number of carbonyl (C=O) groups excluding carboxylic acids is 3. The Bertz CT molecular complexity index is 868. The van der Waals surface area contributed by atoms with Crippen LogP contribution in [0.3, 0.4) is 0 Å². The summed E-state index contributed by atoms with van der Waals surface area (Å²) in [4.78, 5) is 39.5. The van der Waals surface area contributed by atoms with Crippen LogP contribution in [0, 0.1) is 5.92 Å². The zero-order valence-electron chi connectivity index (χ0n) is 15.9. The standard InChI is InChI=1S/C23H24N2O3/c1-15(25-22(27)18-13-7-8-14-19(18)23(25)28)21(26)24-20(17-11-5-6-12-17)16-9-3-2-4-10-16/h2-4,7-10,13-15,17,20H,5-6,11-12H2,1H3,(H,24,26). The first-order chi connectivity index (χ1) is 13.6. The average molecular weight is 376 g/mol. The molecule has 1 aliphatic carbocycles. The van der Waals surface area contributed by atoms with E-state index in [1.807, 2.05) is 30.3 Å². The molecule has 1 saturated carbocycles. The second-order valence-electron chi connectivity index (χ2n) is 7.64. The average Bonchev–Trinajstić information content (AvgIpc) is 3.34. The van der Waals surface area contributed by atoms with Crippen LogP contribution in [-0.4, -0.2) is 28.7 Å². The van der Waals surface area contributed by atoms with E-state index < -0.39 is 17.9 Å². The summed E-state index contributed by atoms with van der Waals surface area (Å²) in [7, 11) is 0. The van der Waals surface area contributed by atoms with E-state index in [1.54, 1.807) is 31.2 Å². The first-order valence-corrected chi connectivity index (χ1v) is 9.90. The molecular weight excluding hydrogens is 352 g/mol. The minimum atomic E-state index is -0.861. The SMILES string of the molecule is CC(C(=O)NC(c1ccccc1)C1CCCC1)N1C(=O)c2ccccc2C1=O. The van der Waals surface area contributed by atoms with Crippen LogP contribution in [0.2, 0.25) is 0 Å². The number of nitrogens with zero attached hydrogens (tertiary/aromatic N) is 1. The quantitative estimate of drug-likeness (QED) is 0.809. The number of rotatable bonds is 5. The summed E-state index contributed by atoms with van der Waals surface area (Å²) in [5, 5.41) is 3.13. The Balaban J connectivity index is 1.55. The Kier molecular flexibility index (Phi) is 4.99. The molecule has 1 aliphatic heterocycles. The predicted molar refractivity (Wildman–Crippen MR) is 106 cm³/mol. The third-order valence-electron chi connectivity index (χ3n) is 5.92. The van der Waals surface area contributed by atoms with E-state index >= 15 is 0 Å². The van der Waals surface area contributed by atoms with Gasteiger partial charge in [-0.3, -0.25) is 19.3 Å². The minimum Gasteiger partial charge on any atom is -0.347 e. The number of hydrogen-bond donors (Lipinski definition) is 1. The summed E-state index contributed by atoms with van der Waals surface area (Å²) >= 11 is 0. The van der Waals surface area contributed by atoms with Crippen LogP contribution in [0.4, 0.5) is 0 Å². The van der Waals surface area contributed by atoms with Crippen LogP contribution < -0.4 is 5.32 Å². The Morgan fingerprint density at radius 3 is 2.04 bits per heavy atom. The number of fused-ring (bicyclic) bond motifs is 1. The van der Waals surface area contributed by atoms with E-state index in [4.69, 9.17) is 0 Å². The summed E-state index contributed by atoms with van der Waals surface area (Å²) in [6.07, 6.45) is 4.47. The van der Waals surface area contributed by atoms with Crippen LogP contribution in [0.1, 0.15) is 64.9 Å². The number of nitrogens with one attached hydrogen (secondary N) is 1. The molecule has 2 atom stereocenters. The lowest BCUT2D eigenvalue weighted by molar-refractivity contribution is -0.125. The van der Waals surface area contributed by atoms with Crippen molar-refractivity contribution in [3.05, 3.63) is 71.3 Å². The topological polar surface area (TPSA) is 66.5 Å². The predicted octanol–water partition coefficient (Wildman–Crippen LogP) is 3.72. The van der Waals surface area contributed by atoms with Crippen LogP contribution in [0.15, 0.2) is 54.6 Å². The first kappa shape index (κ1) is 18.4. The van der Waals surface area contributed by atoms with Gasteiger partial charge < -0.3 is 5.32 Å². The number of amides is 3. The molecule has 0 aromatic heterocycles. The maximum atomic E-state index is 13.1. The normalized spacial score (nSPS) is 18.8. The van der Waals surface area contributed by atoms with Crippen LogP contribution in [0.5, 0.6) is 0 Å². The van der Waals surface area contributed by atoms with Gasteiger partial charge in [-0.2, -0.15) is 0 Å². The van der Waals surface area contributed by atoms with Crippen LogP contribution in [0.25, 0.3) is 0 Å². The number of imide groups is 1. The van der Waals surface area contributed by atoms with Gasteiger partial charge in [0.25, 0.3) is 11.8 Å². The highest BCUT2D eigenvalue weighted by molar-refractivity contribution is 6.22. The van der Waals surface area contributed by atoms with Gasteiger partial charge in [0.2, 0.25) is 5.91 Å². The number of benzene rings is 2. The highest BCUT2D eigenvalue weighted by atomic mass is 16.2. The van der Waals surface area contributed by atoms with Crippen molar-refractivity contribution in [2.45, 2.75) is 44.7 Å². The van der Waals surface area contributed by atoms with Gasteiger partial charge in [0.1, 0.15) is 6.04 Å². The van der Waals surface area contributed by atoms with Gasteiger partial charge >= 0.3 is 0 Å². The van der Waals surface area contributed by atoms with Gasteiger partial charge in [0, 0.05) is 0 Å². The molecule has 2 aromatic carbocycles. The first-order valence-electron chi connectivity index (χ1n) is 9.90. The summed E-state index contributed by atoms with van der Waals surface area (Å²) < 4.78 is 0. The summed E-state index contributed by atoms with van der Waals surface area (Å²) in [5.74, 6) is -0.725.